The number of hydrogen-bond donors (Lipinski definition) is 1. The summed E-state index contributed by atoms with van der Waals surface area (Å²) >= 11 is 0. The fourth-order valence-electron chi connectivity index (χ4n) is 2.98. The molecule has 3 heteroatoms. The minimum Gasteiger partial charge on any atom is -0.353 e. The van der Waals surface area contributed by atoms with Gasteiger partial charge in [-0.05, 0) is 61.6 Å². The van der Waals surface area contributed by atoms with Crippen LogP contribution in [0.3, 0.4) is 0 Å². The fraction of sp³-hybridized carbons (Fsp3) is 0.438. The van der Waals surface area contributed by atoms with Crippen LogP contribution in [0.1, 0.15) is 35.6 Å². The van der Waals surface area contributed by atoms with Crippen LogP contribution in [0.15, 0.2) is 36.9 Å². The fourth-order valence-corrected chi connectivity index (χ4v) is 2.98. The molecule has 19 heavy (non-hydrogen) atoms. The molecule has 0 fully saturated rings. The molecule has 1 N–H and O–H groups in total. The van der Waals surface area contributed by atoms with Gasteiger partial charge in [-0.15, -0.1) is 0 Å². The molecule has 0 amide bonds. The maximum absolute atomic E-state index is 4.06. The van der Waals surface area contributed by atoms with Gasteiger partial charge in [0.1, 0.15) is 0 Å². The van der Waals surface area contributed by atoms with E-state index in [2.05, 4.69) is 46.4 Å². The number of hydrogen-bond acceptors (Lipinski definition) is 2. The van der Waals surface area contributed by atoms with Gasteiger partial charge < -0.3 is 9.88 Å². The smallest absolute Gasteiger partial charge is 0.0335 e. The Morgan fingerprint density at radius 3 is 2.95 bits per heavy atom. The van der Waals surface area contributed by atoms with E-state index in [0.29, 0.717) is 6.04 Å². The molecule has 0 aromatic carbocycles. The Kier molecular flexibility index (Phi) is 3.65. The molecule has 2 aromatic heterocycles. The number of aryl methyl sites for hydroxylation is 3. The number of aromatic nitrogens is 2. The van der Waals surface area contributed by atoms with Crippen LogP contribution in [0, 0.1) is 0 Å². The lowest BCUT2D eigenvalue weighted by Crippen LogP contribution is -2.20. The Morgan fingerprint density at radius 2 is 2.16 bits per heavy atom. The summed E-state index contributed by atoms with van der Waals surface area (Å²) in [7, 11) is 2.06. The highest BCUT2D eigenvalue weighted by molar-refractivity contribution is 5.30. The van der Waals surface area contributed by atoms with E-state index in [1.165, 1.54) is 36.0 Å². The van der Waals surface area contributed by atoms with E-state index < -0.39 is 0 Å². The average Bonchev–Trinajstić information content (AvgIpc) is 2.89. The standard InChI is InChI=1S/C16H21N3/c1-17-16-4-2-3-14-11-19(12-15(14)16)10-7-13-5-8-18-9-6-13/h5-6,8-9,11-12,16-17H,2-4,7,10H2,1H3. The zero-order valence-electron chi connectivity index (χ0n) is 11.5. The number of rotatable bonds is 4. The molecular weight excluding hydrogens is 234 g/mol. The summed E-state index contributed by atoms with van der Waals surface area (Å²) in [5.41, 5.74) is 4.38. The Hall–Kier alpha value is -1.61. The maximum Gasteiger partial charge on any atom is 0.0335 e. The number of nitrogens with zero attached hydrogens (tertiary/aromatic N) is 2. The van der Waals surface area contributed by atoms with Crippen molar-refractivity contribution in [2.45, 2.75) is 38.3 Å². The second kappa shape index (κ2) is 5.57. The van der Waals surface area contributed by atoms with E-state index in [4.69, 9.17) is 0 Å². The SMILES string of the molecule is CNC1CCCc2cn(CCc3ccncc3)cc21. The van der Waals surface area contributed by atoms with Crippen molar-refractivity contribution >= 4 is 0 Å². The van der Waals surface area contributed by atoms with Gasteiger partial charge in [-0.2, -0.15) is 0 Å². The van der Waals surface area contributed by atoms with Crippen molar-refractivity contribution in [3.63, 3.8) is 0 Å². The first-order valence-electron chi connectivity index (χ1n) is 7.11. The van der Waals surface area contributed by atoms with Gasteiger partial charge in [-0.25, -0.2) is 0 Å². The second-order valence-electron chi connectivity index (χ2n) is 5.32. The summed E-state index contributed by atoms with van der Waals surface area (Å²) in [5, 5.41) is 3.43. The molecule has 3 rings (SSSR count). The summed E-state index contributed by atoms with van der Waals surface area (Å²) in [4.78, 5) is 4.06. The first-order valence-corrected chi connectivity index (χ1v) is 7.11. The Balaban J connectivity index is 1.71. The summed E-state index contributed by atoms with van der Waals surface area (Å²) in [5.74, 6) is 0. The maximum atomic E-state index is 4.06. The zero-order chi connectivity index (χ0) is 13.1. The van der Waals surface area contributed by atoms with Gasteiger partial charge in [0.05, 0.1) is 0 Å². The molecule has 1 aliphatic rings. The van der Waals surface area contributed by atoms with Crippen molar-refractivity contribution in [3.05, 3.63) is 53.6 Å². The minimum absolute atomic E-state index is 0.547. The van der Waals surface area contributed by atoms with Crippen molar-refractivity contribution in [1.29, 1.82) is 0 Å². The van der Waals surface area contributed by atoms with Gasteiger partial charge in [-0.3, -0.25) is 4.98 Å². The predicted octanol–water partition coefficient (Wildman–Crippen LogP) is 2.72. The summed E-state index contributed by atoms with van der Waals surface area (Å²) < 4.78 is 2.35. The Labute approximate surface area is 114 Å². The molecule has 0 saturated carbocycles. The van der Waals surface area contributed by atoms with Crippen LogP contribution in [0.2, 0.25) is 0 Å². The van der Waals surface area contributed by atoms with Crippen LogP contribution >= 0.6 is 0 Å². The number of nitrogens with one attached hydrogen (secondary N) is 1. The van der Waals surface area contributed by atoms with Crippen LogP contribution in [-0.4, -0.2) is 16.6 Å². The molecule has 100 valence electrons. The second-order valence-corrected chi connectivity index (χ2v) is 5.32. The van der Waals surface area contributed by atoms with Crippen molar-refractivity contribution in [2.24, 2.45) is 0 Å². The molecule has 0 aliphatic heterocycles. The molecule has 3 nitrogen and oxygen atoms in total. The molecule has 1 unspecified atom stereocenters. The molecule has 0 radical (unpaired) electrons. The highest BCUT2D eigenvalue weighted by Crippen LogP contribution is 2.30. The van der Waals surface area contributed by atoms with Gasteiger partial charge in [-0.1, -0.05) is 0 Å². The lowest BCUT2D eigenvalue weighted by atomic mass is 9.91. The summed E-state index contributed by atoms with van der Waals surface area (Å²) in [6.45, 7) is 1.05. The van der Waals surface area contributed by atoms with Gasteiger partial charge in [0.25, 0.3) is 0 Å². The van der Waals surface area contributed by atoms with Crippen LogP contribution < -0.4 is 5.32 Å². The molecular formula is C16H21N3. The number of fused-ring (bicyclic) bond motifs is 1. The monoisotopic (exact) mass is 255 g/mol. The molecule has 0 bridgehead atoms. The van der Waals surface area contributed by atoms with Crippen molar-refractivity contribution in [1.82, 2.24) is 14.9 Å². The third kappa shape index (κ3) is 2.71. The normalized spacial score (nSPS) is 18.3. The molecule has 0 saturated heterocycles. The van der Waals surface area contributed by atoms with E-state index in [0.717, 1.165) is 13.0 Å². The van der Waals surface area contributed by atoms with Crippen molar-refractivity contribution in [3.8, 4) is 0 Å². The quantitative estimate of drug-likeness (QED) is 0.910. The van der Waals surface area contributed by atoms with E-state index in [1.807, 2.05) is 12.4 Å². The summed E-state index contributed by atoms with van der Waals surface area (Å²) in [6.07, 6.45) is 13.3. The highest BCUT2D eigenvalue weighted by Gasteiger charge is 2.20. The van der Waals surface area contributed by atoms with Crippen molar-refractivity contribution in [2.75, 3.05) is 7.05 Å². The van der Waals surface area contributed by atoms with Crippen LogP contribution in [-0.2, 0) is 19.4 Å². The first kappa shape index (κ1) is 12.4. The zero-order valence-corrected chi connectivity index (χ0v) is 11.5. The largest absolute Gasteiger partial charge is 0.353 e. The highest BCUT2D eigenvalue weighted by atomic mass is 15.0. The Bertz CT molecular complexity index is 530. The molecule has 0 spiro atoms. The van der Waals surface area contributed by atoms with Crippen LogP contribution in [0.5, 0.6) is 0 Å². The molecule has 2 aromatic rings. The topological polar surface area (TPSA) is 29.9 Å². The van der Waals surface area contributed by atoms with Gasteiger partial charge in [0.2, 0.25) is 0 Å². The first-order chi connectivity index (χ1) is 9.36. The lowest BCUT2D eigenvalue weighted by Gasteiger charge is -2.21. The third-order valence-corrected chi connectivity index (χ3v) is 4.07. The van der Waals surface area contributed by atoms with E-state index >= 15 is 0 Å². The van der Waals surface area contributed by atoms with Crippen molar-refractivity contribution < 1.29 is 0 Å². The van der Waals surface area contributed by atoms with E-state index in [9.17, 15) is 0 Å². The van der Waals surface area contributed by atoms with Gasteiger partial charge in [0.15, 0.2) is 0 Å². The lowest BCUT2D eigenvalue weighted by molar-refractivity contribution is 0.498. The Morgan fingerprint density at radius 1 is 1.32 bits per heavy atom. The van der Waals surface area contributed by atoms with Crippen LogP contribution in [0.25, 0.3) is 0 Å². The molecule has 2 heterocycles. The number of pyridine rings is 1. The van der Waals surface area contributed by atoms with Gasteiger partial charge >= 0.3 is 0 Å². The molecule has 1 aliphatic carbocycles. The van der Waals surface area contributed by atoms with E-state index in [-0.39, 0.29) is 0 Å². The average molecular weight is 255 g/mol. The van der Waals surface area contributed by atoms with Crippen LogP contribution in [0.4, 0.5) is 0 Å². The van der Waals surface area contributed by atoms with Gasteiger partial charge in [0, 0.05) is 37.4 Å². The summed E-state index contributed by atoms with van der Waals surface area (Å²) in [6, 6.07) is 4.74. The minimum atomic E-state index is 0.547. The molecule has 1 atom stereocenters. The third-order valence-electron chi connectivity index (χ3n) is 4.07. The van der Waals surface area contributed by atoms with E-state index in [1.54, 1.807) is 0 Å². The predicted molar refractivity (Wildman–Crippen MR) is 77.1 cm³/mol.